The zero-order valence-corrected chi connectivity index (χ0v) is 8.87. The largest absolute Gasteiger partial charge is 0.395 e. The van der Waals surface area contributed by atoms with Crippen molar-refractivity contribution in [2.24, 2.45) is 0 Å². The van der Waals surface area contributed by atoms with E-state index < -0.39 is 0 Å². The molecule has 0 saturated heterocycles. The van der Waals surface area contributed by atoms with E-state index in [-0.39, 0.29) is 6.61 Å². The third-order valence-corrected chi connectivity index (χ3v) is 2.97. The van der Waals surface area contributed by atoms with Gasteiger partial charge in [0.05, 0.1) is 6.61 Å². The molecule has 0 atom stereocenters. The first-order valence-corrected chi connectivity index (χ1v) is 5.60. The molecule has 1 fully saturated rings. The van der Waals surface area contributed by atoms with E-state index in [2.05, 4.69) is 30.0 Å². The van der Waals surface area contributed by atoms with Crippen molar-refractivity contribution in [1.29, 1.82) is 0 Å². The summed E-state index contributed by atoms with van der Waals surface area (Å²) in [5.41, 5.74) is 2.55. The fraction of sp³-hybridized carbons (Fsp3) is 0.429. The van der Waals surface area contributed by atoms with Crippen molar-refractivity contribution in [1.82, 2.24) is 0 Å². The van der Waals surface area contributed by atoms with E-state index in [0.717, 1.165) is 11.5 Å². The van der Waals surface area contributed by atoms with Gasteiger partial charge in [0.15, 0.2) is 0 Å². The summed E-state index contributed by atoms with van der Waals surface area (Å²) in [7, 11) is 0. The van der Waals surface area contributed by atoms with Gasteiger partial charge in [-0.2, -0.15) is 0 Å². The molecule has 1 N–H and O–H groups in total. The van der Waals surface area contributed by atoms with Crippen LogP contribution in [0, 0.1) is 11.8 Å². The van der Waals surface area contributed by atoms with Crippen molar-refractivity contribution in [3.8, 4) is 11.8 Å². The number of aliphatic hydroxyl groups excluding tert-OH is 1. The molecule has 1 aliphatic carbocycles. The summed E-state index contributed by atoms with van der Waals surface area (Å²) in [6.07, 6.45) is 4.53. The predicted octanol–water partition coefficient (Wildman–Crippen LogP) is 2.69. The van der Waals surface area contributed by atoms with Crippen LogP contribution in [-0.2, 0) is 0 Å². The molecule has 0 aliphatic heterocycles. The van der Waals surface area contributed by atoms with Crippen LogP contribution in [0.3, 0.4) is 0 Å². The van der Waals surface area contributed by atoms with Crippen molar-refractivity contribution in [3.05, 3.63) is 35.4 Å². The lowest BCUT2D eigenvalue weighted by Gasteiger charge is -2.26. The molecule has 0 radical (unpaired) electrons. The fourth-order valence-corrected chi connectivity index (χ4v) is 1.90. The van der Waals surface area contributed by atoms with E-state index in [4.69, 9.17) is 5.11 Å². The SMILES string of the molecule is OCCC#Cc1ccccc1C1CCC1. The molecule has 1 aromatic carbocycles. The topological polar surface area (TPSA) is 20.2 Å². The zero-order valence-electron chi connectivity index (χ0n) is 8.87. The Kier molecular flexibility index (Phi) is 3.42. The minimum Gasteiger partial charge on any atom is -0.395 e. The van der Waals surface area contributed by atoms with Gasteiger partial charge in [-0.05, 0) is 30.4 Å². The van der Waals surface area contributed by atoms with Gasteiger partial charge in [-0.1, -0.05) is 36.5 Å². The summed E-state index contributed by atoms with van der Waals surface area (Å²) < 4.78 is 0. The van der Waals surface area contributed by atoms with Crippen LogP contribution in [0.1, 0.15) is 42.7 Å². The van der Waals surface area contributed by atoms with Crippen LogP contribution in [0.5, 0.6) is 0 Å². The highest BCUT2D eigenvalue weighted by Gasteiger charge is 2.20. The molecule has 1 saturated carbocycles. The molecule has 1 nitrogen and oxygen atoms in total. The molecular weight excluding hydrogens is 184 g/mol. The van der Waals surface area contributed by atoms with E-state index in [9.17, 15) is 0 Å². The highest BCUT2D eigenvalue weighted by molar-refractivity contribution is 5.43. The lowest BCUT2D eigenvalue weighted by Crippen LogP contribution is -2.10. The average molecular weight is 200 g/mol. The van der Waals surface area contributed by atoms with Gasteiger partial charge in [-0.15, -0.1) is 0 Å². The van der Waals surface area contributed by atoms with Crippen molar-refractivity contribution in [2.45, 2.75) is 31.6 Å². The molecule has 1 aliphatic rings. The highest BCUT2D eigenvalue weighted by Crippen LogP contribution is 2.37. The maximum atomic E-state index is 8.68. The van der Waals surface area contributed by atoms with Crippen LogP contribution in [-0.4, -0.2) is 11.7 Å². The lowest BCUT2D eigenvalue weighted by atomic mass is 9.78. The molecule has 1 heteroatoms. The van der Waals surface area contributed by atoms with E-state index in [1.807, 2.05) is 6.07 Å². The van der Waals surface area contributed by atoms with Crippen molar-refractivity contribution in [3.63, 3.8) is 0 Å². The summed E-state index contributed by atoms with van der Waals surface area (Å²) in [6, 6.07) is 8.39. The highest BCUT2D eigenvalue weighted by atomic mass is 16.2. The molecule has 0 unspecified atom stereocenters. The second kappa shape index (κ2) is 5.00. The van der Waals surface area contributed by atoms with Gasteiger partial charge >= 0.3 is 0 Å². The van der Waals surface area contributed by atoms with E-state index in [0.29, 0.717) is 6.42 Å². The van der Waals surface area contributed by atoms with Gasteiger partial charge < -0.3 is 5.11 Å². The summed E-state index contributed by atoms with van der Waals surface area (Å²) >= 11 is 0. The molecule has 1 aromatic rings. The van der Waals surface area contributed by atoms with Gasteiger partial charge in [-0.3, -0.25) is 0 Å². The number of benzene rings is 1. The first-order chi connectivity index (χ1) is 7.42. The maximum Gasteiger partial charge on any atom is 0.0540 e. The van der Waals surface area contributed by atoms with Crippen molar-refractivity contribution >= 4 is 0 Å². The van der Waals surface area contributed by atoms with Crippen LogP contribution in [0.15, 0.2) is 24.3 Å². The van der Waals surface area contributed by atoms with Crippen LogP contribution in [0.4, 0.5) is 0 Å². The van der Waals surface area contributed by atoms with Crippen LogP contribution >= 0.6 is 0 Å². The molecule has 0 amide bonds. The summed E-state index contributed by atoms with van der Waals surface area (Å²) in [5, 5.41) is 8.68. The first kappa shape index (κ1) is 10.3. The van der Waals surface area contributed by atoms with Crippen molar-refractivity contribution in [2.75, 3.05) is 6.61 Å². The molecule has 15 heavy (non-hydrogen) atoms. The molecule has 0 heterocycles. The number of rotatable bonds is 2. The molecule has 78 valence electrons. The predicted molar refractivity (Wildman–Crippen MR) is 61.6 cm³/mol. The lowest BCUT2D eigenvalue weighted by molar-refractivity contribution is 0.305. The molecular formula is C14H16O. The Hall–Kier alpha value is -1.26. The first-order valence-electron chi connectivity index (χ1n) is 5.60. The Bertz CT molecular complexity index is 380. The van der Waals surface area contributed by atoms with E-state index in [1.165, 1.54) is 24.8 Å². The third kappa shape index (κ3) is 2.40. The van der Waals surface area contributed by atoms with Gasteiger partial charge in [0, 0.05) is 12.0 Å². The average Bonchev–Trinajstić information content (AvgIpc) is 2.18. The van der Waals surface area contributed by atoms with E-state index in [1.54, 1.807) is 0 Å². The van der Waals surface area contributed by atoms with Gasteiger partial charge in [0.2, 0.25) is 0 Å². The molecule has 0 spiro atoms. The molecule has 2 rings (SSSR count). The summed E-state index contributed by atoms with van der Waals surface area (Å²) in [4.78, 5) is 0. The van der Waals surface area contributed by atoms with E-state index >= 15 is 0 Å². The Labute approximate surface area is 91.1 Å². The second-order valence-corrected chi connectivity index (χ2v) is 3.99. The minimum absolute atomic E-state index is 0.151. The standard InChI is InChI=1S/C14H16O/c15-11-4-3-7-12-6-1-2-10-14(12)13-8-5-9-13/h1-2,6,10,13,15H,4-5,8-9,11H2. The fourth-order valence-electron chi connectivity index (χ4n) is 1.90. The van der Waals surface area contributed by atoms with Crippen LogP contribution in [0.2, 0.25) is 0 Å². The normalized spacial score (nSPS) is 15.3. The minimum atomic E-state index is 0.151. The Balaban J connectivity index is 2.18. The van der Waals surface area contributed by atoms with Crippen LogP contribution < -0.4 is 0 Å². The monoisotopic (exact) mass is 200 g/mol. The molecule has 0 aromatic heterocycles. The Morgan fingerprint density at radius 2 is 2.07 bits per heavy atom. The maximum absolute atomic E-state index is 8.68. The van der Waals surface area contributed by atoms with Gasteiger partial charge in [0.25, 0.3) is 0 Å². The summed E-state index contributed by atoms with van der Waals surface area (Å²) in [6.45, 7) is 0.151. The van der Waals surface area contributed by atoms with Gasteiger partial charge in [0.1, 0.15) is 0 Å². The summed E-state index contributed by atoms with van der Waals surface area (Å²) in [5.74, 6) is 6.87. The zero-order chi connectivity index (χ0) is 10.5. The van der Waals surface area contributed by atoms with Crippen molar-refractivity contribution < 1.29 is 5.11 Å². The van der Waals surface area contributed by atoms with Gasteiger partial charge in [-0.25, -0.2) is 0 Å². The number of hydrogen-bond donors (Lipinski definition) is 1. The Morgan fingerprint density at radius 1 is 1.27 bits per heavy atom. The van der Waals surface area contributed by atoms with Crippen LogP contribution in [0.25, 0.3) is 0 Å². The smallest absolute Gasteiger partial charge is 0.0540 e. The second-order valence-electron chi connectivity index (χ2n) is 3.99. The number of hydrogen-bond acceptors (Lipinski definition) is 1. The molecule has 0 bridgehead atoms. The number of aliphatic hydroxyl groups is 1. The quantitative estimate of drug-likeness (QED) is 0.728. The third-order valence-electron chi connectivity index (χ3n) is 2.97. The Morgan fingerprint density at radius 3 is 2.73 bits per heavy atom.